The molecule has 0 heterocycles. The normalized spacial score (nSPS) is 24.5. The number of rotatable bonds is 9. The number of nitrogens with zero attached hydrogens (tertiary/aromatic N) is 1. The Labute approximate surface area is 113 Å². The predicted octanol–water partition coefficient (Wildman–Crippen LogP) is 2.89. The molecule has 0 bridgehead atoms. The van der Waals surface area contributed by atoms with E-state index in [2.05, 4.69) is 24.1 Å². The highest BCUT2D eigenvalue weighted by Gasteiger charge is 2.41. The molecule has 3 rings (SSSR count). The summed E-state index contributed by atoms with van der Waals surface area (Å²) in [4.78, 5) is 2.73. The van der Waals surface area contributed by atoms with Gasteiger partial charge < -0.3 is 5.32 Å². The molecule has 0 aromatic rings. The van der Waals surface area contributed by atoms with Crippen LogP contribution in [0.1, 0.15) is 52.4 Å². The number of hydrogen-bond donors (Lipinski definition) is 1. The molecule has 2 heteroatoms. The van der Waals surface area contributed by atoms with Gasteiger partial charge in [-0.2, -0.15) is 0 Å². The first-order chi connectivity index (χ1) is 8.74. The van der Waals surface area contributed by atoms with Crippen LogP contribution < -0.4 is 5.32 Å². The summed E-state index contributed by atoms with van der Waals surface area (Å²) in [6.07, 6.45) is 8.86. The summed E-state index contributed by atoms with van der Waals surface area (Å²) in [7, 11) is 0. The van der Waals surface area contributed by atoms with Gasteiger partial charge in [-0.15, -0.1) is 0 Å². The van der Waals surface area contributed by atoms with Crippen molar-refractivity contribution < 1.29 is 0 Å². The van der Waals surface area contributed by atoms with E-state index < -0.39 is 0 Å². The van der Waals surface area contributed by atoms with Gasteiger partial charge in [0.25, 0.3) is 0 Å². The van der Waals surface area contributed by atoms with E-state index in [-0.39, 0.29) is 0 Å². The number of hydrogen-bond acceptors (Lipinski definition) is 2. The van der Waals surface area contributed by atoms with Crippen molar-refractivity contribution >= 4 is 0 Å². The Bertz CT molecular complexity index is 252. The Balaban J connectivity index is 1.38. The number of nitrogens with one attached hydrogen (secondary N) is 1. The van der Waals surface area contributed by atoms with E-state index in [1.165, 1.54) is 58.2 Å². The molecule has 3 saturated carbocycles. The molecular formula is C16H30N2. The molecule has 104 valence electrons. The fourth-order valence-corrected chi connectivity index (χ4v) is 3.34. The highest BCUT2D eigenvalue weighted by Crippen LogP contribution is 2.44. The van der Waals surface area contributed by atoms with E-state index in [9.17, 15) is 0 Å². The van der Waals surface area contributed by atoms with Crippen LogP contribution in [0.15, 0.2) is 0 Å². The maximum atomic E-state index is 3.89. The molecule has 0 aromatic heterocycles. The minimum atomic E-state index is 0.813. The van der Waals surface area contributed by atoms with Gasteiger partial charge in [-0.3, -0.25) is 4.90 Å². The van der Waals surface area contributed by atoms with Crippen molar-refractivity contribution in [3.05, 3.63) is 0 Å². The first kappa shape index (κ1) is 12.9. The Hall–Kier alpha value is -0.0800. The zero-order valence-electron chi connectivity index (χ0n) is 12.2. The Morgan fingerprint density at radius 1 is 1.00 bits per heavy atom. The minimum Gasteiger partial charge on any atom is -0.312 e. The van der Waals surface area contributed by atoms with Crippen molar-refractivity contribution in [3.63, 3.8) is 0 Å². The van der Waals surface area contributed by atoms with Crippen LogP contribution in [0.5, 0.6) is 0 Å². The first-order valence-corrected chi connectivity index (χ1v) is 8.21. The molecule has 0 atom stereocenters. The molecule has 0 aliphatic heterocycles. The van der Waals surface area contributed by atoms with Crippen molar-refractivity contribution in [2.45, 2.75) is 64.5 Å². The SMILES string of the molecule is CC(C)CN(CCNC(C1CC1)C1CC1)C1CC1. The molecule has 0 amide bonds. The third-order valence-corrected chi connectivity index (χ3v) is 4.70. The largest absolute Gasteiger partial charge is 0.312 e. The van der Waals surface area contributed by atoms with Crippen LogP contribution in [0.3, 0.4) is 0 Å². The van der Waals surface area contributed by atoms with Crippen LogP contribution in [0, 0.1) is 17.8 Å². The van der Waals surface area contributed by atoms with Crippen LogP contribution in [0.25, 0.3) is 0 Å². The maximum absolute atomic E-state index is 3.89. The molecule has 1 N–H and O–H groups in total. The molecule has 3 aliphatic rings. The molecule has 0 saturated heterocycles. The van der Waals surface area contributed by atoms with Crippen LogP contribution in [0.2, 0.25) is 0 Å². The molecule has 2 nitrogen and oxygen atoms in total. The second kappa shape index (κ2) is 5.50. The van der Waals surface area contributed by atoms with Crippen LogP contribution in [0.4, 0.5) is 0 Å². The summed E-state index contributed by atoms with van der Waals surface area (Å²) >= 11 is 0. The fourth-order valence-electron chi connectivity index (χ4n) is 3.34. The van der Waals surface area contributed by atoms with E-state index in [1.54, 1.807) is 0 Å². The lowest BCUT2D eigenvalue weighted by molar-refractivity contribution is 0.228. The van der Waals surface area contributed by atoms with Crippen molar-refractivity contribution in [2.75, 3.05) is 19.6 Å². The predicted molar refractivity (Wildman–Crippen MR) is 76.7 cm³/mol. The lowest BCUT2D eigenvalue weighted by atomic mass is 10.1. The van der Waals surface area contributed by atoms with Crippen molar-refractivity contribution in [1.82, 2.24) is 10.2 Å². The van der Waals surface area contributed by atoms with Gasteiger partial charge in [-0.1, -0.05) is 13.8 Å². The third-order valence-electron chi connectivity index (χ3n) is 4.70. The molecular weight excluding hydrogens is 220 g/mol. The smallest absolute Gasteiger partial charge is 0.0124 e. The van der Waals surface area contributed by atoms with Crippen molar-refractivity contribution in [2.24, 2.45) is 17.8 Å². The summed E-state index contributed by atoms with van der Waals surface area (Å²) in [6.45, 7) is 8.49. The zero-order valence-corrected chi connectivity index (χ0v) is 12.2. The average Bonchev–Trinajstić information content (AvgIpc) is 3.14. The van der Waals surface area contributed by atoms with Gasteiger partial charge in [0.05, 0.1) is 0 Å². The van der Waals surface area contributed by atoms with Gasteiger partial charge in [0, 0.05) is 31.7 Å². The standard InChI is InChI=1S/C16H30N2/c1-12(2)11-18(15-7-8-15)10-9-17-16(13-3-4-13)14-5-6-14/h12-17H,3-11H2,1-2H3. The summed E-state index contributed by atoms with van der Waals surface area (Å²) in [6, 6.07) is 1.81. The Morgan fingerprint density at radius 3 is 2.06 bits per heavy atom. The van der Waals surface area contributed by atoms with Gasteiger partial charge in [-0.05, 0) is 56.3 Å². The lowest BCUT2D eigenvalue weighted by Gasteiger charge is -2.26. The highest BCUT2D eigenvalue weighted by atomic mass is 15.2. The Morgan fingerprint density at radius 2 is 1.61 bits per heavy atom. The second-order valence-electron chi connectivity index (χ2n) is 7.27. The van der Waals surface area contributed by atoms with Crippen molar-refractivity contribution in [1.29, 1.82) is 0 Å². The monoisotopic (exact) mass is 250 g/mol. The average molecular weight is 250 g/mol. The molecule has 3 fully saturated rings. The molecule has 3 aliphatic carbocycles. The van der Waals surface area contributed by atoms with Gasteiger partial charge in [0.1, 0.15) is 0 Å². The summed E-state index contributed by atoms with van der Waals surface area (Å²) in [5.41, 5.74) is 0. The molecule has 0 aromatic carbocycles. The molecule has 0 unspecified atom stereocenters. The minimum absolute atomic E-state index is 0.813. The first-order valence-electron chi connectivity index (χ1n) is 8.21. The molecule has 0 radical (unpaired) electrons. The second-order valence-corrected chi connectivity index (χ2v) is 7.27. The van der Waals surface area contributed by atoms with E-state index in [0.717, 1.165) is 29.8 Å². The zero-order chi connectivity index (χ0) is 12.5. The fraction of sp³-hybridized carbons (Fsp3) is 1.00. The lowest BCUT2D eigenvalue weighted by Crippen LogP contribution is -2.41. The van der Waals surface area contributed by atoms with Crippen LogP contribution in [-0.2, 0) is 0 Å². The van der Waals surface area contributed by atoms with E-state index >= 15 is 0 Å². The summed E-state index contributed by atoms with van der Waals surface area (Å²) < 4.78 is 0. The van der Waals surface area contributed by atoms with E-state index in [0.29, 0.717) is 0 Å². The topological polar surface area (TPSA) is 15.3 Å². The van der Waals surface area contributed by atoms with Gasteiger partial charge in [-0.25, -0.2) is 0 Å². The summed E-state index contributed by atoms with van der Waals surface area (Å²) in [5, 5.41) is 3.89. The van der Waals surface area contributed by atoms with Crippen LogP contribution >= 0.6 is 0 Å². The van der Waals surface area contributed by atoms with Gasteiger partial charge in [0.2, 0.25) is 0 Å². The third kappa shape index (κ3) is 3.71. The van der Waals surface area contributed by atoms with E-state index in [4.69, 9.17) is 0 Å². The van der Waals surface area contributed by atoms with E-state index in [1.807, 2.05) is 0 Å². The maximum Gasteiger partial charge on any atom is 0.0124 e. The Kier molecular flexibility index (Phi) is 3.95. The molecule has 18 heavy (non-hydrogen) atoms. The van der Waals surface area contributed by atoms with Gasteiger partial charge in [0.15, 0.2) is 0 Å². The summed E-state index contributed by atoms with van der Waals surface area (Å²) in [5.74, 6) is 2.89. The highest BCUT2D eigenvalue weighted by molar-refractivity contribution is 4.96. The molecule has 0 spiro atoms. The van der Waals surface area contributed by atoms with Crippen molar-refractivity contribution in [3.8, 4) is 0 Å². The van der Waals surface area contributed by atoms with Crippen LogP contribution in [-0.4, -0.2) is 36.6 Å². The van der Waals surface area contributed by atoms with Gasteiger partial charge >= 0.3 is 0 Å². The quantitative estimate of drug-likeness (QED) is 0.677.